The molecular formula is C14H15FN2O2. The second-order valence-electron chi connectivity index (χ2n) is 5.09. The number of nitrogens with zero attached hydrogens (tertiary/aromatic N) is 1. The number of piperazine rings is 1. The number of benzene rings is 1. The van der Waals surface area contributed by atoms with Gasteiger partial charge in [-0.3, -0.25) is 9.59 Å². The van der Waals surface area contributed by atoms with Gasteiger partial charge in [0.1, 0.15) is 18.3 Å². The average Bonchev–Trinajstić information content (AvgIpc) is 2.80. The summed E-state index contributed by atoms with van der Waals surface area (Å²) in [7, 11) is 0. The van der Waals surface area contributed by atoms with E-state index in [1.54, 1.807) is 0 Å². The minimum Gasteiger partial charge on any atom is -0.342 e. The fourth-order valence-corrected chi connectivity index (χ4v) is 2.79. The summed E-state index contributed by atoms with van der Waals surface area (Å²) in [5.74, 6) is -0.408. The highest BCUT2D eigenvalue weighted by Crippen LogP contribution is 2.25. The molecule has 2 aliphatic heterocycles. The largest absolute Gasteiger partial charge is 0.342 e. The maximum atomic E-state index is 13.4. The summed E-state index contributed by atoms with van der Waals surface area (Å²) in [6, 6.07) is 8.31. The number of rotatable bonds is 2. The quantitative estimate of drug-likeness (QED) is 0.851. The van der Waals surface area contributed by atoms with Gasteiger partial charge in [-0.2, -0.15) is 0 Å². The van der Waals surface area contributed by atoms with Crippen LogP contribution in [0.3, 0.4) is 0 Å². The molecule has 0 aromatic heterocycles. The highest BCUT2D eigenvalue weighted by molar-refractivity contribution is 5.97. The van der Waals surface area contributed by atoms with Gasteiger partial charge in [0.15, 0.2) is 0 Å². The normalized spacial score (nSPS) is 30.2. The molecule has 4 nitrogen and oxygen atoms in total. The van der Waals surface area contributed by atoms with E-state index >= 15 is 0 Å². The third-order valence-electron chi connectivity index (χ3n) is 3.73. The first-order valence-electron chi connectivity index (χ1n) is 6.44. The molecule has 100 valence electrons. The lowest BCUT2D eigenvalue weighted by Gasteiger charge is -2.34. The number of amides is 2. The summed E-state index contributed by atoms with van der Waals surface area (Å²) < 4.78 is 13.4. The van der Waals surface area contributed by atoms with Crippen molar-refractivity contribution in [3.8, 4) is 0 Å². The summed E-state index contributed by atoms with van der Waals surface area (Å²) in [6.07, 6.45) is -0.517. The summed E-state index contributed by atoms with van der Waals surface area (Å²) in [4.78, 5) is 25.5. The van der Waals surface area contributed by atoms with Crippen LogP contribution in [0, 0.1) is 0 Å². The highest BCUT2D eigenvalue weighted by atomic mass is 19.1. The topological polar surface area (TPSA) is 49.4 Å². The standard InChI is InChI=1S/C14H15FN2O2/c15-10-7-12-13(18)16-11(14(19)17(12)8-10)6-9-4-2-1-3-5-9/h1-5,10-12H,6-8H2,(H,16,18). The number of nitrogens with one attached hydrogen (secondary N) is 1. The van der Waals surface area contributed by atoms with E-state index in [1.807, 2.05) is 30.3 Å². The van der Waals surface area contributed by atoms with E-state index in [2.05, 4.69) is 5.32 Å². The van der Waals surface area contributed by atoms with E-state index in [1.165, 1.54) is 4.90 Å². The van der Waals surface area contributed by atoms with E-state index in [-0.39, 0.29) is 24.8 Å². The highest BCUT2D eigenvalue weighted by Gasteiger charge is 2.46. The molecule has 0 bridgehead atoms. The maximum Gasteiger partial charge on any atom is 0.246 e. The van der Waals surface area contributed by atoms with Crippen molar-refractivity contribution in [1.82, 2.24) is 10.2 Å². The van der Waals surface area contributed by atoms with Crippen LogP contribution in [-0.2, 0) is 16.0 Å². The zero-order valence-electron chi connectivity index (χ0n) is 10.4. The first kappa shape index (κ1) is 12.1. The number of alkyl halides is 1. The Balaban J connectivity index is 1.77. The van der Waals surface area contributed by atoms with Gasteiger partial charge in [-0.15, -0.1) is 0 Å². The molecule has 0 radical (unpaired) electrons. The molecule has 5 heteroatoms. The molecule has 0 saturated carbocycles. The molecule has 2 heterocycles. The van der Waals surface area contributed by atoms with E-state index in [0.29, 0.717) is 6.42 Å². The fraction of sp³-hybridized carbons (Fsp3) is 0.429. The molecule has 1 aromatic rings. The van der Waals surface area contributed by atoms with E-state index in [0.717, 1.165) is 5.56 Å². The molecule has 19 heavy (non-hydrogen) atoms. The van der Waals surface area contributed by atoms with Crippen molar-refractivity contribution in [3.63, 3.8) is 0 Å². The molecular weight excluding hydrogens is 247 g/mol. The van der Waals surface area contributed by atoms with Gasteiger partial charge in [-0.05, 0) is 5.56 Å². The molecule has 1 aromatic carbocycles. The van der Waals surface area contributed by atoms with Crippen molar-refractivity contribution in [2.45, 2.75) is 31.1 Å². The summed E-state index contributed by atoms with van der Waals surface area (Å²) >= 11 is 0. The lowest BCUT2D eigenvalue weighted by atomic mass is 10.0. The predicted molar refractivity (Wildman–Crippen MR) is 67.1 cm³/mol. The van der Waals surface area contributed by atoms with Crippen LogP contribution in [0.1, 0.15) is 12.0 Å². The molecule has 0 spiro atoms. The molecule has 2 amide bonds. The molecule has 2 aliphatic rings. The van der Waals surface area contributed by atoms with Crippen molar-refractivity contribution < 1.29 is 14.0 Å². The minimum absolute atomic E-state index is 0.0439. The Kier molecular flexibility index (Phi) is 2.97. The minimum atomic E-state index is -1.09. The van der Waals surface area contributed by atoms with Crippen LogP contribution >= 0.6 is 0 Å². The Bertz CT molecular complexity index is 505. The third kappa shape index (κ3) is 2.20. The van der Waals surface area contributed by atoms with E-state index in [4.69, 9.17) is 0 Å². The Hall–Kier alpha value is -1.91. The summed E-state index contributed by atoms with van der Waals surface area (Å²) in [5.41, 5.74) is 0.982. The lowest BCUT2D eigenvalue weighted by Crippen LogP contribution is -2.61. The molecule has 2 fully saturated rings. The van der Waals surface area contributed by atoms with Crippen LogP contribution in [-0.4, -0.2) is 41.5 Å². The van der Waals surface area contributed by atoms with Gasteiger partial charge < -0.3 is 10.2 Å². The summed E-state index contributed by atoms with van der Waals surface area (Å²) in [5, 5.41) is 2.71. The smallest absolute Gasteiger partial charge is 0.246 e. The van der Waals surface area contributed by atoms with Crippen molar-refractivity contribution in [2.75, 3.05) is 6.54 Å². The monoisotopic (exact) mass is 262 g/mol. The van der Waals surface area contributed by atoms with Crippen molar-refractivity contribution in [3.05, 3.63) is 35.9 Å². The van der Waals surface area contributed by atoms with Crippen LogP contribution < -0.4 is 5.32 Å². The van der Waals surface area contributed by atoms with Crippen molar-refractivity contribution in [2.24, 2.45) is 0 Å². The molecule has 0 aliphatic carbocycles. The van der Waals surface area contributed by atoms with Gasteiger partial charge in [0, 0.05) is 12.8 Å². The molecule has 3 rings (SSSR count). The number of hydrogen-bond acceptors (Lipinski definition) is 2. The number of carbonyl (C=O) groups is 2. The Morgan fingerprint density at radius 2 is 2.00 bits per heavy atom. The first-order valence-corrected chi connectivity index (χ1v) is 6.44. The van der Waals surface area contributed by atoms with Gasteiger partial charge in [0.25, 0.3) is 0 Å². The fourth-order valence-electron chi connectivity index (χ4n) is 2.79. The van der Waals surface area contributed by atoms with Gasteiger partial charge in [-0.25, -0.2) is 4.39 Å². The Labute approximate surface area is 110 Å². The van der Waals surface area contributed by atoms with Crippen LogP contribution in [0.4, 0.5) is 4.39 Å². The van der Waals surface area contributed by atoms with Crippen LogP contribution in [0.15, 0.2) is 30.3 Å². The number of fused-ring (bicyclic) bond motifs is 1. The molecule has 2 saturated heterocycles. The van der Waals surface area contributed by atoms with Crippen molar-refractivity contribution >= 4 is 11.8 Å². The number of carbonyl (C=O) groups excluding carboxylic acids is 2. The SMILES string of the molecule is O=C1NC(Cc2ccccc2)C(=O)N2CC(F)CC12. The summed E-state index contributed by atoms with van der Waals surface area (Å²) in [6.45, 7) is 0.0439. The maximum absolute atomic E-state index is 13.4. The number of halogens is 1. The van der Waals surface area contributed by atoms with Gasteiger partial charge in [0.05, 0.1) is 6.54 Å². The first-order chi connectivity index (χ1) is 9.15. The van der Waals surface area contributed by atoms with Crippen LogP contribution in [0.5, 0.6) is 0 Å². The van der Waals surface area contributed by atoms with Crippen LogP contribution in [0.25, 0.3) is 0 Å². The zero-order chi connectivity index (χ0) is 13.4. The predicted octanol–water partition coefficient (Wildman–Crippen LogP) is 0.666. The second kappa shape index (κ2) is 4.64. The lowest BCUT2D eigenvalue weighted by molar-refractivity contribution is -0.147. The molecule has 1 N–H and O–H groups in total. The third-order valence-corrected chi connectivity index (χ3v) is 3.73. The molecule has 3 unspecified atom stereocenters. The average molecular weight is 262 g/mol. The second-order valence-corrected chi connectivity index (χ2v) is 5.09. The Morgan fingerprint density at radius 1 is 1.26 bits per heavy atom. The van der Waals surface area contributed by atoms with Gasteiger partial charge in [-0.1, -0.05) is 30.3 Å². The van der Waals surface area contributed by atoms with E-state index in [9.17, 15) is 14.0 Å². The number of hydrogen-bond donors (Lipinski definition) is 1. The Morgan fingerprint density at radius 3 is 2.74 bits per heavy atom. The van der Waals surface area contributed by atoms with Crippen LogP contribution in [0.2, 0.25) is 0 Å². The zero-order valence-corrected chi connectivity index (χ0v) is 10.4. The van der Waals surface area contributed by atoms with Gasteiger partial charge >= 0.3 is 0 Å². The van der Waals surface area contributed by atoms with E-state index < -0.39 is 18.3 Å². The molecule has 3 atom stereocenters. The van der Waals surface area contributed by atoms with Gasteiger partial charge in [0.2, 0.25) is 11.8 Å². The van der Waals surface area contributed by atoms with Crippen molar-refractivity contribution in [1.29, 1.82) is 0 Å².